The smallest absolute Gasteiger partial charge is 1.00 e. The molecule has 0 aliphatic rings. The van der Waals surface area contributed by atoms with E-state index in [1.807, 2.05) is 75.9 Å². The number of rotatable bonds is 8. The number of para-hydroxylation sites is 1. The Balaban J connectivity index is 0.00000193. The minimum Gasteiger partial charge on any atom is -1.00 e. The van der Waals surface area contributed by atoms with Crippen molar-refractivity contribution < 1.29 is 31.0 Å². The molecule has 1 heterocycles. The summed E-state index contributed by atoms with van der Waals surface area (Å²) in [6.07, 6.45) is 4.47. The van der Waals surface area contributed by atoms with E-state index < -0.39 is 0 Å². The molecule has 0 amide bonds. The summed E-state index contributed by atoms with van der Waals surface area (Å²) in [7, 11) is 0. The van der Waals surface area contributed by atoms with E-state index >= 15 is 0 Å². The van der Waals surface area contributed by atoms with E-state index in [1.54, 1.807) is 0 Å². The van der Waals surface area contributed by atoms with Gasteiger partial charge >= 0.3 is 35.2 Å². The van der Waals surface area contributed by atoms with E-state index in [4.69, 9.17) is 0 Å². The zero-order chi connectivity index (χ0) is 21.6. The van der Waals surface area contributed by atoms with Gasteiger partial charge in [-0.15, -0.1) is 0 Å². The summed E-state index contributed by atoms with van der Waals surface area (Å²) in [6, 6.07) is 30.7. The molecule has 0 saturated carbocycles. The number of hydrogen-bond acceptors (Lipinski definition) is 1. The van der Waals surface area contributed by atoms with E-state index in [0.29, 0.717) is 0 Å². The van der Waals surface area contributed by atoms with Gasteiger partial charge in [-0.05, 0) is 25.5 Å². The molecule has 0 fully saturated rings. The van der Waals surface area contributed by atoms with Crippen molar-refractivity contribution in [3.63, 3.8) is 0 Å². The largest absolute Gasteiger partial charge is 1.00 e. The number of hydrogen-bond donors (Lipinski definition) is 0. The third kappa shape index (κ3) is 5.01. The Bertz CT molecular complexity index is 1170. The number of nitrogens with zero attached hydrogens (tertiary/aromatic N) is 2. The molecule has 3 nitrogen and oxygen atoms in total. The van der Waals surface area contributed by atoms with Crippen molar-refractivity contribution in [1.29, 1.82) is 0 Å². The van der Waals surface area contributed by atoms with Crippen molar-refractivity contribution in [2.45, 2.75) is 45.6 Å². The second kappa shape index (κ2) is 11.5. The normalized spacial score (nSPS) is 11.7. The van der Waals surface area contributed by atoms with Crippen LogP contribution in [0.2, 0.25) is 0 Å². The van der Waals surface area contributed by atoms with Crippen LogP contribution in [0.5, 0.6) is 0 Å². The molecule has 160 valence electrons. The summed E-state index contributed by atoms with van der Waals surface area (Å²) in [5.41, 5.74) is 4.96. The summed E-state index contributed by atoms with van der Waals surface area (Å²) >= 11 is 0. The van der Waals surface area contributed by atoms with Crippen LogP contribution in [-0.2, 0) is 0 Å². The molecule has 0 radical (unpaired) electrons. The number of benzene rings is 3. The molecule has 0 spiro atoms. The van der Waals surface area contributed by atoms with Gasteiger partial charge in [-0.3, -0.25) is 9.13 Å². The van der Waals surface area contributed by atoms with Crippen LogP contribution in [-0.4, -0.2) is 9.13 Å². The van der Waals surface area contributed by atoms with Crippen molar-refractivity contribution >= 4 is 0 Å². The average Bonchev–Trinajstić information content (AvgIpc) is 3.14. The van der Waals surface area contributed by atoms with Crippen LogP contribution in [0.1, 0.15) is 47.0 Å². The molecular formula is C28H31N2NaO. The van der Waals surface area contributed by atoms with Crippen LogP contribution in [0.25, 0.3) is 28.2 Å². The van der Waals surface area contributed by atoms with E-state index in [0.717, 1.165) is 41.0 Å². The summed E-state index contributed by atoms with van der Waals surface area (Å²) < 4.78 is 3.90. The molecule has 32 heavy (non-hydrogen) atoms. The Hall–Kier alpha value is -2.33. The third-order valence-corrected chi connectivity index (χ3v) is 5.86. The predicted molar refractivity (Wildman–Crippen MR) is 131 cm³/mol. The van der Waals surface area contributed by atoms with Gasteiger partial charge in [0.1, 0.15) is 0 Å². The predicted octanol–water partition coefficient (Wildman–Crippen LogP) is 4.23. The molecule has 1 aromatic heterocycles. The zero-order valence-electron chi connectivity index (χ0n) is 20.4. The Kier molecular flexibility index (Phi) is 8.75. The molecule has 4 aromatic rings. The number of imidazole rings is 1. The molecule has 0 aliphatic carbocycles. The van der Waals surface area contributed by atoms with E-state index in [9.17, 15) is 4.79 Å². The van der Waals surface area contributed by atoms with Gasteiger partial charge in [-0.2, -0.15) is 0 Å². The first-order chi connectivity index (χ1) is 15.2. The van der Waals surface area contributed by atoms with Gasteiger partial charge in [0.2, 0.25) is 0 Å². The maximum Gasteiger partial charge on any atom is 1.00 e. The molecule has 0 N–H and O–H groups in total. The standard InChI is InChI=1S/C28H30N2O.Na.H/c1-3-4-8-15-22(2)29-26(23-16-9-5-10-17-23)27(24-18-11-6-12-19-24)30(28(29)31)25-20-13-7-14-21-25;;/h5-7,9-14,16-22H,3-4,8,15H2,1-2H3;;/q;+1;-1. The Morgan fingerprint density at radius 1 is 0.750 bits per heavy atom. The third-order valence-electron chi connectivity index (χ3n) is 5.86. The van der Waals surface area contributed by atoms with Crippen LogP contribution in [0.4, 0.5) is 0 Å². The van der Waals surface area contributed by atoms with Crippen molar-refractivity contribution in [2.24, 2.45) is 0 Å². The number of aromatic nitrogens is 2. The van der Waals surface area contributed by atoms with Crippen LogP contribution >= 0.6 is 0 Å². The summed E-state index contributed by atoms with van der Waals surface area (Å²) in [6.45, 7) is 4.39. The van der Waals surface area contributed by atoms with Crippen LogP contribution in [0.15, 0.2) is 95.8 Å². The van der Waals surface area contributed by atoms with Crippen LogP contribution in [0.3, 0.4) is 0 Å². The van der Waals surface area contributed by atoms with Gasteiger partial charge in [0, 0.05) is 17.2 Å². The van der Waals surface area contributed by atoms with Crippen molar-refractivity contribution in [3.8, 4) is 28.2 Å². The van der Waals surface area contributed by atoms with Gasteiger partial charge in [0.25, 0.3) is 0 Å². The Labute approximate surface area is 214 Å². The molecule has 1 unspecified atom stereocenters. The van der Waals surface area contributed by atoms with Gasteiger partial charge in [-0.1, -0.05) is 105 Å². The van der Waals surface area contributed by atoms with Crippen molar-refractivity contribution in [3.05, 3.63) is 101 Å². The summed E-state index contributed by atoms with van der Waals surface area (Å²) in [4.78, 5) is 14.0. The second-order valence-corrected chi connectivity index (χ2v) is 8.10. The molecule has 0 saturated heterocycles. The van der Waals surface area contributed by atoms with E-state index in [2.05, 4.69) is 38.1 Å². The van der Waals surface area contributed by atoms with Crippen molar-refractivity contribution in [2.75, 3.05) is 0 Å². The SMILES string of the molecule is CCCCCC(C)n1c(-c2ccccc2)c(-c2ccccc2)n(-c2ccccc2)c1=O.[H-].[Na+]. The Morgan fingerprint density at radius 3 is 1.78 bits per heavy atom. The molecular weight excluding hydrogens is 403 g/mol. The van der Waals surface area contributed by atoms with Crippen LogP contribution in [0, 0.1) is 0 Å². The molecule has 3 aromatic carbocycles. The van der Waals surface area contributed by atoms with Gasteiger partial charge in [0.15, 0.2) is 0 Å². The Morgan fingerprint density at radius 2 is 1.25 bits per heavy atom. The molecule has 0 aliphatic heterocycles. The first-order valence-corrected chi connectivity index (χ1v) is 11.3. The fraction of sp³-hybridized carbons (Fsp3) is 0.250. The summed E-state index contributed by atoms with van der Waals surface area (Å²) in [5.74, 6) is 0. The molecule has 1 atom stereocenters. The van der Waals surface area contributed by atoms with Gasteiger partial charge in [-0.25, -0.2) is 4.79 Å². The minimum atomic E-state index is 0. The first-order valence-electron chi connectivity index (χ1n) is 11.3. The summed E-state index contributed by atoms with van der Waals surface area (Å²) in [5, 5.41) is 0. The maximum absolute atomic E-state index is 14.0. The maximum atomic E-state index is 14.0. The minimum absolute atomic E-state index is 0. The van der Waals surface area contributed by atoms with Crippen LogP contribution < -0.4 is 35.2 Å². The number of unbranched alkanes of at least 4 members (excludes halogenated alkanes) is 2. The van der Waals surface area contributed by atoms with Gasteiger partial charge in [0.05, 0.1) is 17.1 Å². The molecule has 4 heteroatoms. The first kappa shape index (κ1) is 24.3. The quantitative estimate of drug-likeness (QED) is 0.301. The molecule has 0 bridgehead atoms. The molecule has 4 rings (SSSR count). The fourth-order valence-corrected chi connectivity index (χ4v) is 4.30. The zero-order valence-corrected chi connectivity index (χ0v) is 21.4. The fourth-order valence-electron chi connectivity index (χ4n) is 4.30. The topological polar surface area (TPSA) is 26.9 Å². The van der Waals surface area contributed by atoms with E-state index in [1.165, 1.54) is 12.8 Å². The monoisotopic (exact) mass is 434 g/mol. The second-order valence-electron chi connectivity index (χ2n) is 8.10. The van der Waals surface area contributed by atoms with Gasteiger partial charge < -0.3 is 1.43 Å². The van der Waals surface area contributed by atoms with Crippen molar-refractivity contribution in [1.82, 2.24) is 9.13 Å². The van der Waals surface area contributed by atoms with E-state index in [-0.39, 0.29) is 42.7 Å². The average molecular weight is 435 g/mol.